The molecule has 4 nitrogen and oxygen atoms in total. The first-order valence-electron chi connectivity index (χ1n) is 7.79. The van der Waals surface area contributed by atoms with Crippen LogP contribution in [0.25, 0.3) is 0 Å². The molecule has 0 heterocycles. The van der Waals surface area contributed by atoms with Crippen LogP contribution in [0, 0.1) is 5.82 Å². The summed E-state index contributed by atoms with van der Waals surface area (Å²) in [5.41, 5.74) is 0. The Morgan fingerprint density at radius 3 is 2.64 bits per heavy atom. The number of hydrogen-bond donors (Lipinski definition) is 2. The summed E-state index contributed by atoms with van der Waals surface area (Å²) in [5, 5.41) is 6.66. The minimum absolute atomic E-state index is 0.0809. The number of ether oxygens (including phenoxy) is 1. The number of guanidine groups is 1. The van der Waals surface area contributed by atoms with Gasteiger partial charge in [0.25, 0.3) is 0 Å². The lowest BCUT2D eigenvalue weighted by molar-refractivity contribution is 0.230. The van der Waals surface area contributed by atoms with Crippen LogP contribution in [-0.2, 0) is 0 Å². The fraction of sp³-hybridized carbons (Fsp3) is 0.471. The Morgan fingerprint density at radius 1 is 1.32 bits per heavy atom. The summed E-state index contributed by atoms with van der Waals surface area (Å²) in [5.74, 6) is 1.20. The van der Waals surface area contributed by atoms with E-state index < -0.39 is 0 Å². The molecule has 0 amide bonds. The molecule has 1 aromatic carbocycles. The van der Waals surface area contributed by atoms with E-state index >= 15 is 0 Å². The molecule has 1 atom stereocenters. The summed E-state index contributed by atoms with van der Waals surface area (Å²) < 4.78 is 18.6. The van der Waals surface area contributed by atoms with Gasteiger partial charge in [0.2, 0.25) is 0 Å². The van der Waals surface area contributed by atoms with Crippen LogP contribution < -0.4 is 15.4 Å². The van der Waals surface area contributed by atoms with Crippen LogP contribution in [0.5, 0.6) is 5.75 Å². The van der Waals surface area contributed by atoms with Gasteiger partial charge >= 0.3 is 0 Å². The molecule has 0 saturated carbocycles. The molecule has 0 spiro atoms. The van der Waals surface area contributed by atoms with E-state index in [1.807, 2.05) is 13.8 Å². The minimum Gasteiger partial charge on any atom is -0.489 e. The van der Waals surface area contributed by atoms with Crippen molar-refractivity contribution >= 4 is 5.96 Å². The average molecular weight is 305 g/mol. The molecule has 0 aliphatic heterocycles. The van der Waals surface area contributed by atoms with Crippen molar-refractivity contribution in [1.29, 1.82) is 0 Å². The second kappa shape index (κ2) is 8.41. The summed E-state index contributed by atoms with van der Waals surface area (Å²) in [6, 6.07) is 6.46. The zero-order chi connectivity index (χ0) is 15.8. The molecule has 2 rings (SSSR count). The Morgan fingerprint density at radius 2 is 2.00 bits per heavy atom. The third-order valence-corrected chi connectivity index (χ3v) is 3.35. The highest BCUT2D eigenvalue weighted by molar-refractivity contribution is 5.80. The lowest BCUT2D eigenvalue weighted by Gasteiger charge is -2.18. The van der Waals surface area contributed by atoms with Crippen molar-refractivity contribution in [1.82, 2.24) is 10.6 Å². The van der Waals surface area contributed by atoms with Crippen LogP contribution >= 0.6 is 0 Å². The van der Waals surface area contributed by atoms with Crippen molar-refractivity contribution < 1.29 is 9.13 Å². The van der Waals surface area contributed by atoms with Gasteiger partial charge in [-0.1, -0.05) is 12.2 Å². The molecule has 2 N–H and O–H groups in total. The SMILES string of the molecule is CCNC(=NCC(C)Oc1ccc(F)cc1)NC1CC=CC1. The molecule has 1 aliphatic rings. The van der Waals surface area contributed by atoms with Crippen molar-refractivity contribution in [3.8, 4) is 5.75 Å². The highest BCUT2D eigenvalue weighted by Gasteiger charge is 2.12. The normalized spacial score (nSPS) is 16.6. The molecule has 0 radical (unpaired) electrons. The molecular weight excluding hydrogens is 281 g/mol. The Bertz CT molecular complexity index is 505. The third-order valence-electron chi connectivity index (χ3n) is 3.35. The fourth-order valence-electron chi connectivity index (χ4n) is 2.25. The predicted octanol–water partition coefficient (Wildman–Crippen LogP) is 2.87. The van der Waals surface area contributed by atoms with Crippen LogP contribution in [0.2, 0.25) is 0 Å². The van der Waals surface area contributed by atoms with Gasteiger partial charge in [0.05, 0.1) is 6.54 Å². The van der Waals surface area contributed by atoms with E-state index in [4.69, 9.17) is 4.74 Å². The van der Waals surface area contributed by atoms with Crippen molar-refractivity contribution in [2.24, 2.45) is 4.99 Å². The van der Waals surface area contributed by atoms with Gasteiger partial charge in [-0.15, -0.1) is 0 Å². The molecule has 1 unspecified atom stereocenters. The first-order valence-corrected chi connectivity index (χ1v) is 7.79. The van der Waals surface area contributed by atoms with Crippen LogP contribution in [0.4, 0.5) is 4.39 Å². The Hall–Kier alpha value is -2.04. The monoisotopic (exact) mass is 305 g/mol. The van der Waals surface area contributed by atoms with Gasteiger partial charge in [-0.05, 0) is 51.0 Å². The van der Waals surface area contributed by atoms with Gasteiger partial charge in [-0.3, -0.25) is 0 Å². The Kier molecular flexibility index (Phi) is 6.25. The van der Waals surface area contributed by atoms with Gasteiger partial charge < -0.3 is 15.4 Å². The zero-order valence-corrected chi connectivity index (χ0v) is 13.2. The maximum absolute atomic E-state index is 12.9. The second-order valence-electron chi connectivity index (χ2n) is 5.39. The molecule has 0 saturated heterocycles. The molecule has 5 heteroatoms. The number of halogens is 1. The van der Waals surface area contributed by atoms with E-state index in [1.165, 1.54) is 12.1 Å². The third kappa shape index (κ3) is 5.39. The summed E-state index contributed by atoms with van der Waals surface area (Å²) >= 11 is 0. The van der Waals surface area contributed by atoms with Crippen molar-refractivity contribution in [2.45, 2.75) is 38.8 Å². The molecule has 0 aromatic heterocycles. The van der Waals surface area contributed by atoms with E-state index in [-0.39, 0.29) is 11.9 Å². The molecule has 120 valence electrons. The minimum atomic E-state index is -0.262. The van der Waals surface area contributed by atoms with Crippen molar-refractivity contribution in [3.05, 3.63) is 42.2 Å². The number of nitrogens with one attached hydrogen (secondary N) is 2. The van der Waals surface area contributed by atoms with Crippen LogP contribution in [0.1, 0.15) is 26.7 Å². The molecule has 1 aromatic rings. The number of aliphatic imine (C=N–C) groups is 1. The molecule has 0 fully saturated rings. The van der Waals surface area contributed by atoms with Gasteiger partial charge in [0.1, 0.15) is 17.7 Å². The van der Waals surface area contributed by atoms with Crippen LogP contribution in [0.3, 0.4) is 0 Å². The zero-order valence-electron chi connectivity index (χ0n) is 13.2. The van der Waals surface area contributed by atoms with Gasteiger partial charge in [-0.2, -0.15) is 0 Å². The van der Waals surface area contributed by atoms with Crippen molar-refractivity contribution in [2.75, 3.05) is 13.1 Å². The number of rotatable bonds is 6. The lowest BCUT2D eigenvalue weighted by Crippen LogP contribution is -2.43. The average Bonchev–Trinajstić information content (AvgIpc) is 3.00. The van der Waals surface area contributed by atoms with E-state index in [0.29, 0.717) is 18.3 Å². The molecule has 22 heavy (non-hydrogen) atoms. The summed E-state index contributed by atoms with van der Waals surface area (Å²) in [6.07, 6.45) is 6.35. The maximum atomic E-state index is 12.9. The summed E-state index contributed by atoms with van der Waals surface area (Å²) in [6.45, 7) is 5.35. The second-order valence-corrected chi connectivity index (χ2v) is 5.39. The van der Waals surface area contributed by atoms with E-state index in [0.717, 1.165) is 25.3 Å². The van der Waals surface area contributed by atoms with E-state index in [2.05, 4.69) is 27.8 Å². The summed E-state index contributed by atoms with van der Waals surface area (Å²) in [7, 11) is 0. The number of hydrogen-bond acceptors (Lipinski definition) is 2. The van der Waals surface area contributed by atoms with Gasteiger partial charge in [0, 0.05) is 12.6 Å². The Balaban J connectivity index is 1.84. The summed E-state index contributed by atoms with van der Waals surface area (Å²) in [4.78, 5) is 4.56. The maximum Gasteiger partial charge on any atom is 0.191 e. The fourth-order valence-corrected chi connectivity index (χ4v) is 2.25. The molecule has 1 aliphatic carbocycles. The van der Waals surface area contributed by atoms with Gasteiger partial charge in [0.15, 0.2) is 5.96 Å². The predicted molar refractivity (Wildman–Crippen MR) is 87.8 cm³/mol. The van der Waals surface area contributed by atoms with E-state index in [1.54, 1.807) is 12.1 Å². The first kappa shape index (κ1) is 16.3. The molecular formula is C17H24FN3O. The highest BCUT2D eigenvalue weighted by Crippen LogP contribution is 2.13. The Labute approximate surface area is 131 Å². The van der Waals surface area contributed by atoms with Crippen molar-refractivity contribution in [3.63, 3.8) is 0 Å². The topological polar surface area (TPSA) is 45.7 Å². The highest BCUT2D eigenvalue weighted by atomic mass is 19.1. The number of benzene rings is 1. The van der Waals surface area contributed by atoms with Crippen LogP contribution in [-0.4, -0.2) is 31.2 Å². The van der Waals surface area contributed by atoms with Gasteiger partial charge in [-0.25, -0.2) is 9.38 Å². The van der Waals surface area contributed by atoms with Crippen LogP contribution in [0.15, 0.2) is 41.4 Å². The lowest BCUT2D eigenvalue weighted by atomic mass is 10.2. The smallest absolute Gasteiger partial charge is 0.191 e. The number of nitrogens with zero attached hydrogens (tertiary/aromatic N) is 1. The molecule has 0 bridgehead atoms. The van der Waals surface area contributed by atoms with E-state index in [9.17, 15) is 4.39 Å². The quantitative estimate of drug-likeness (QED) is 0.482. The first-order chi connectivity index (χ1) is 10.7. The standard InChI is InChI=1S/C17H24FN3O/c1-3-19-17(21-15-6-4-5-7-15)20-12-13(2)22-16-10-8-14(18)9-11-16/h4-5,8-11,13,15H,3,6-7,12H2,1-2H3,(H2,19,20,21). The largest absolute Gasteiger partial charge is 0.489 e.